The second kappa shape index (κ2) is 5.48. The molecule has 2 heteroatoms. The summed E-state index contributed by atoms with van der Waals surface area (Å²) in [5.74, 6) is 1.73. The molecule has 3 unspecified atom stereocenters. The van der Waals surface area contributed by atoms with E-state index in [1.54, 1.807) is 0 Å². The first kappa shape index (κ1) is 12.8. The first-order valence-electron chi connectivity index (χ1n) is 8.08. The van der Waals surface area contributed by atoms with Gasteiger partial charge in [-0.3, -0.25) is 0 Å². The third-order valence-corrected chi connectivity index (χ3v) is 6.52. The predicted octanol–water partition coefficient (Wildman–Crippen LogP) is 5.10. The van der Waals surface area contributed by atoms with Gasteiger partial charge < -0.3 is 5.32 Å². The summed E-state index contributed by atoms with van der Waals surface area (Å²) in [7, 11) is 0. The zero-order valence-electron chi connectivity index (χ0n) is 11.9. The van der Waals surface area contributed by atoms with Crippen LogP contribution in [0.25, 0.3) is 0 Å². The van der Waals surface area contributed by atoms with Crippen LogP contribution >= 0.6 is 11.8 Å². The first-order chi connectivity index (χ1) is 9.88. The van der Waals surface area contributed by atoms with Crippen LogP contribution in [0.5, 0.6) is 0 Å². The Labute approximate surface area is 126 Å². The molecule has 20 heavy (non-hydrogen) atoms. The highest BCUT2D eigenvalue weighted by atomic mass is 32.2. The molecule has 2 fully saturated rings. The van der Waals surface area contributed by atoms with E-state index in [0.717, 1.165) is 17.1 Å². The second-order valence-electron chi connectivity index (χ2n) is 6.54. The van der Waals surface area contributed by atoms with E-state index in [4.69, 9.17) is 0 Å². The Kier molecular flexibility index (Phi) is 3.51. The third-order valence-electron chi connectivity index (χ3n) is 5.17. The molecule has 0 radical (unpaired) electrons. The average Bonchev–Trinajstić information content (AvgIpc) is 3.08. The summed E-state index contributed by atoms with van der Waals surface area (Å²) in [6, 6.07) is 9.80. The van der Waals surface area contributed by atoms with Gasteiger partial charge in [0.2, 0.25) is 0 Å². The van der Waals surface area contributed by atoms with E-state index in [0.29, 0.717) is 6.04 Å². The van der Waals surface area contributed by atoms with Crippen molar-refractivity contribution in [3.63, 3.8) is 0 Å². The number of anilines is 1. The first-order valence-corrected chi connectivity index (χ1v) is 8.96. The maximum absolute atomic E-state index is 3.71. The number of hydrogen-bond donors (Lipinski definition) is 1. The lowest BCUT2D eigenvalue weighted by Crippen LogP contribution is -2.43. The molecule has 106 valence electrons. The molecule has 0 spiro atoms. The van der Waals surface area contributed by atoms with Gasteiger partial charge in [-0.25, -0.2) is 0 Å². The highest BCUT2D eigenvalue weighted by molar-refractivity contribution is 8.00. The minimum absolute atomic E-state index is 0.673. The van der Waals surface area contributed by atoms with Crippen molar-refractivity contribution in [2.45, 2.75) is 54.7 Å². The van der Waals surface area contributed by atoms with Gasteiger partial charge in [-0.1, -0.05) is 25.0 Å². The number of rotatable bonds is 4. The van der Waals surface area contributed by atoms with Crippen molar-refractivity contribution in [3.8, 4) is 0 Å². The maximum Gasteiger partial charge on any atom is 0.0343 e. The molecular formula is C18H23NS. The minimum atomic E-state index is 0.673. The Morgan fingerprint density at radius 2 is 1.85 bits per heavy atom. The van der Waals surface area contributed by atoms with Crippen LogP contribution in [0.4, 0.5) is 5.69 Å². The number of allylic oxidation sites excluding steroid dienone is 1. The fourth-order valence-corrected chi connectivity index (χ4v) is 5.17. The van der Waals surface area contributed by atoms with E-state index in [1.807, 2.05) is 0 Å². The van der Waals surface area contributed by atoms with Gasteiger partial charge in [0.1, 0.15) is 0 Å². The quantitative estimate of drug-likeness (QED) is 0.773. The van der Waals surface area contributed by atoms with Gasteiger partial charge in [0, 0.05) is 27.8 Å². The SMILES string of the molecule is C1=CC2C(C1)CC2Nc1ccc(SC2CCCC2)cc1. The Morgan fingerprint density at radius 1 is 1.05 bits per heavy atom. The van der Waals surface area contributed by atoms with Crippen LogP contribution in [0.2, 0.25) is 0 Å². The van der Waals surface area contributed by atoms with Crippen LogP contribution in [0.3, 0.4) is 0 Å². The second-order valence-corrected chi connectivity index (χ2v) is 7.91. The number of nitrogens with one attached hydrogen (secondary N) is 1. The summed E-state index contributed by atoms with van der Waals surface area (Å²) in [6.45, 7) is 0. The molecule has 3 atom stereocenters. The van der Waals surface area contributed by atoms with E-state index < -0.39 is 0 Å². The van der Waals surface area contributed by atoms with E-state index in [-0.39, 0.29) is 0 Å². The summed E-state index contributed by atoms with van der Waals surface area (Å²) in [4.78, 5) is 1.44. The van der Waals surface area contributed by atoms with Gasteiger partial charge in [-0.2, -0.15) is 0 Å². The molecule has 3 aliphatic carbocycles. The van der Waals surface area contributed by atoms with Gasteiger partial charge in [-0.15, -0.1) is 11.8 Å². The van der Waals surface area contributed by atoms with Crippen molar-refractivity contribution in [1.82, 2.24) is 0 Å². The largest absolute Gasteiger partial charge is 0.382 e. The number of benzene rings is 1. The molecular weight excluding hydrogens is 262 g/mol. The summed E-state index contributed by atoms with van der Waals surface area (Å²) in [5, 5.41) is 4.58. The predicted molar refractivity (Wildman–Crippen MR) is 87.3 cm³/mol. The van der Waals surface area contributed by atoms with E-state index in [2.05, 4.69) is 53.5 Å². The summed E-state index contributed by atoms with van der Waals surface area (Å²) < 4.78 is 0. The van der Waals surface area contributed by atoms with Crippen LogP contribution in [0.1, 0.15) is 38.5 Å². The molecule has 0 amide bonds. The molecule has 3 aliphatic rings. The van der Waals surface area contributed by atoms with Crippen molar-refractivity contribution < 1.29 is 0 Å². The molecule has 1 aromatic rings. The summed E-state index contributed by atoms with van der Waals surface area (Å²) >= 11 is 2.08. The molecule has 4 rings (SSSR count). The van der Waals surface area contributed by atoms with Gasteiger partial charge in [-0.05, 0) is 55.9 Å². The van der Waals surface area contributed by atoms with E-state index in [1.165, 1.54) is 49.1 Å². The highest BCUT2D eigenvalue weighted by Gasteiger charge is 2.40. The Bertz CT molecular complexity index is 487. The van der Waals surface area contributed by atoms with Crippen molar-refractivity contribution in [2.24, 2.45) is 11.8 Å². The zero-order valence-corrected chi connectivity index (χ0v) is 12.7. The number of fused-ring (bicyclic) bond motifs is 1. The molecule has 2 saturated carbocycles. The van der Waals surface area contributed by atoms with Crippen molar-refractivity contribution >= 4 is 17.4 Å². The lowest BCUT2D eigenvalue weighted by Gasteiger charge is -2.41. The van der Waals surface area contributed by atoms with Crippen LogP contribution in [-0.4, -0.2) is 11.3 Å². The lowest BCUT2D eigenvalue weighted by atomic mass is 9.71. The van der Waals surface area contributed by atoms with Gasteiger partial charge in [0.15, 0.2) is 0 Å². The van der Waals surface area contributed by atoms with Crippen LogP contribution in [-0.2, 0) is 0 Å². The minimum Gasteiger partial charge on any atom is -0.382 e. The summed E-state index contributed by atoms with van der Waals surface area (Å²) in [5.41, 5.74) is 1.30. The number of hydrogen-bond acceptors (Lipinski definition) is 2. The maximum atomic E-state index is 3.71. The molecule has 0 aromatic heterocycles. The fraction of sp³-hybridized carbons (Fsp3) is 0.556. The van der Waals surface area contributed by atoms with Crippen LogP contribution in [0, 0.1) is 11.8 Å². The van der Waals surface area contributed by atoms with E-state index in [9.17, 15) is 0 Å². The van der Waals surface area contributed by atoms with Gasteiger partial charge in [0.05, 0.1) is 0 Å². The molecule has 0 saturated heterocycles. The highest BCUT2D eigenvalue weighted by Crippen LogP contribution is 2.44. The molecule has 0 bridgehead atoms. The Morgan fingerprint density at radius 3 is 2.60 bits per heavy atom. The smallest absolute Gasteiger partial charge is 0.0343 e. The lowest BCUT2D eigenvalue weighted by molar-refractivity contribution is 0.218. The molecule has 0 aliphatic heterocycles. The van der Waals surface area contributed by atoms with Crippen LogP contribution < -0.4 is 5.32 Å². The average molecular weight is 285 g/mol. The Hall–Kier alpha value is -0.890. The molecule has 1 aromatic carbocycles. The topological polar surface area (TPSA) is 12.0 Å². The van der Waals surface area contributed by atoms with Crippen molar-refractivity contribution in [2.75, 3.05) is 5.32 Å². The molecule has 1 nitrogen and oxygen atoms in total. The van der Waals surface area contributed by atoms with E-state index >= 15 is 0 Å². The standard InChI is InChI=1S/C18H23NS/c1-2-6-15(5-1)20-16-10-8-14(9-11-16)19-18-12-13-4-3-7-17(13)18/h3,7-11,13,15,17-19H,1-2,4-6,12H2. The number of thioether (sulfide) groups is 1. The zero-order chi connectivity index (χ0) is 13.4. The van der Waals surface area contributed by atoms with Crippen LogP contribution in [0.15, 0.2) is 41.3 Å². The summed E-state index contributed by atoms with van der Waals surface area (Å²) in [6.07, 6.45) is 13.1. The Balaban J connectivity index is 1.34. The normalized spacial score (nSPS) is 32.1. The fourth-order valence-electron chi connectivity index (χ4n) is 3.93. The molecule has 0 heterocycles. The van der Waals surface area contributed by atoms with Gasteiger partial charge >= 0.3 is 0 Å². The van der Waals surface area contributed by atoms with Crippen molar-refractivity contribution in [3.05, 3.63) is 36.4 Å². The van der Waals surface area contributed by atoms with Gasteiger partial charge in [0.25, 0.3) is 0 Å². The van der Waals surface area contributed by atoms with Crippen molar-refractivity contribution in [1.29, 1.82) is 0 Å². The monoisotopic (exact) mass is 285 g/mol. The molecule has 1 N–H and O–H groups in total. The third kappa shape index (κ3) is 2.50.